The van der Waals surface area contributed by atoms with E-state index in [1.54, 1.807) is 47.9 Å². The second-order valence-corrected chi connectivity index (χ2v) is 9.73. The van der Waals surface area contributed by atoms with E-state index in [0.717, 1.165) is 25.7 Å². The monoisotopic (exact) mass is 471 g/mol. The summed E-state index contributed by atoms with van der Waals surface area (Å²) in [6.45, 7) is 1.98. The maximum Gasteiger partial charge on any atom is 0.262 e. The maximum absolute atomic E-state index is 13.3. The Labute approximate surface area is 194 Å². The van der Waals surface area contributed by atoms with Crippen molar-refractivity contribution in [3.63, 3.8) is 0 Å². The van der Waals surface area contributed by atoms with Crippen molar-refractivity contribution < 1.29 is 14.3 Å². The number of anilines is 1. The fourth-order valence-electron chi connectivity index (χ4n) is 4.15. The number of carbonyl (C=O) groups is 1. The van der Waals surface area contributed by atoms with Gasteiger partial charge in [0.05, 0.1) is 16.2 Å². The Hall–Kier alpha value is -2.71. The highest BCUT2D eigenvalue weighted by molar-refractivity contribution is 8.00. The number of thioether (sulfide) groups is 1. The van der Waals surface area contributed by atoms with Crippen molar-refractivity contribution in [3.8, 4) is 11.5 Å². The van der Waals surface area contributed by atoms with Crippen molar-refractivity contribution in [3.05, 3.63) is 51.8 Å². The van der Waals surface area contributed by atoms with Crippen molar-refractivity contribution in [1.29, 1.82) is 0 Å². The number of hydrogen-bond donors (Lipinski definition) is 1. The number of hydrogen-bond acceptors (Lipinski definition) is 6. The third kappa shape index (κ3) is 4.04. The number of ether oxygens (including phenoxy) is 2. The van der Waals surface area contributed by atoms with E-state index in [-0.39, 0.29) is 24.3 Å². The van der Waals surface area contributed by atoms with Crippen molar-refractivity contribution >= 4 is 45.9 Å². The predicted molar refractivity (Wildman–Crippen MR) is 125 cm³/mol. The van der Waals surface area contributed by atoms with Gasteiger partial charge in [0.25, 0.3) is 5.56 Å². The summed E-state index contributed by atoms with van der Waals surface area (Å²) in [5.41, 5.74) is 1.09. The van der Waals surface area contributed by atoms with Crippen LogP contribution in [0.15, 0.2) is 46.3 Å². The third-order valence-corrected chi connectivity index (χ3v) is 7.11. The Morgan fingerprint density at radius 1 is 1.19 bits per heavy atom. The Morgan fingerprint density at radius 2 is 1.97 bits per heavy atom. The van der Waals surface area contributed by atoms with Gasteiger partial charge in [0.2, 0.25) is 12.7 Å². The number of halogens is 1. The molecular formula is C23H22ClN3O4S. The van der Waals surface area contributed by atoms with E-state index in [2.05, 4.69) is 5.32 Å². The fraction of sp³-hybridized carbons (Fsp3) is 0.348. The summed E-state index contributed by atoms with van der Waals surface area (Å²) in [6.07, 6.45) is 4.04. The van der Waals surface area contributed by atoms with Crippen molar-refractivity contribution in [2.45, 2.75) is 49.1 Å². The van der Waals surface area contributed by atoms with Crippen LogP contribution in [0.5, 0.6) is 11.5 Å². The Balaban J connectivity index is 1.43. The molecule has 32 heavy (non-hydrogen) atoms. The second-order valence-electron chi connectivity index (χ2n) is 7.99. The molecule has 1 fully saturated rings. The molecule has 7 nitrogen and oxygen atoms in total. The SMILES string of the molecule is CC(Sc1nc2cc(Cl)ccc2c(=O)n1C1CCCC1)C(=O)Nc1ccc2c(c1)OCO2. The molecule has 166 valence electrons. The smallest absolute Gasteiger partial charge is 0.262 e. The standard InChI is InChI=1S/C23H22ClN3O4S/c1-13(21(28)25-15-7-9-19-20(11-15)31-12-30-19)32-23-26-18-10-14(24)6-8-17(18)22(29)27(23)16-4-2-3-5-16/h6-11,13,16H,2-5,12H2,1H3,(H,25,28). The molecule has 1 aromatic heterocycles. The number of nitrogens with zero attached hydrogens (tertiary/aromatic N) is 2. The minimum Gasteiger partial charge on any atom is -0.454 e. The molecule has 5 rings (SSSR count). The number of benzene rings is 2. The summed E-state index contributed by atoms with van der Waals surface area (Å²) in [4.78, 5) is 31.0. The average molecular weight is 472 g/mol. The molecule has 2 aromatic carbocycles. The first-order chi connectivity index (χ1) is 15.5. The van der Waals surface area contributed by atoms with Gasteiger partial charge >= 0.3 is 0 Å². The highest BCUT2D eigenvalue weighted by Gasteiger charge is 2.26. The van der Waals surface area contributed by atoms with Gasteiger partial charge in [-0.2, -0.15) is 0 Å². The first-order valence-corrected chi connectivity index (χ1v) is 11.8. The number of rotatable bonds is 5. The summed E-state index contributed by atoms with van der Waals surface area (Å²) in [7, 11) is 0. The zero-order chi connectivity index (χ0) is 22.2. The van der Waals surface area contributed by atoms with Crippen LogP contribution in [0.1, 0.15) is 38.6 Å². The van der Waals surface area contributed by atoms with Crippen LogP contribution in [-0.4, -0.2) is 27.5 Å². The van der Waals surface area contributed by atoms with Crippen LogP contribution in [0.25, 0.3) is 10.9 Å². The molecule has 1 amide bonds. The maximum atomic E-state index is 13.3. The first-order valence-electron chi connectivity index (χ1n) is 10.6. The minimum absolute atomic E-state index is 0.0792. The first kappa shape index (κ1) is 21.2. The lowest BCUT2D eigenvalue weighted by Crippen LogP contribution is -2.29. The summed E-state index contributed by atoms with van der Waals surface area (Å²) >= 11 is 7.42. The zero-order valence-electron chi connectivity index (χ0n) is 17.5. The van der Waals surface area contributed by atoms with Gasteiger partial charge in [-0.15, -0.1) is 0 Å². The van der Waals surface area contributed by atoms with Crippen LogP contribution in [0.3, 0.4) is 0 Å². The molecular weight excluding hydrogens is 450 g/mol. The van der Waals surface area contributed by atoms with E-state index in [0.29, 0.717) is 38.3 Å². The van der Waals surface area contributed by atoms with Crippen LogP contribution in [0, 0.1) is 0 Å². The quantitative estimate of drug-likeness (QED) is 0.416. The van der Waals surface area contributed by atoms with Gasteiger partial charge in [0.15, 0.2) is 16.7 Å². The molecule has 1 atom stereocenters. The summed E-state index contributed by atoms with van der Waals surface area (Å²) in [5.74, 6) is 1.07. The number of aromatic nitrogens is 2. The highest BCUT2D eigenvalue weighted by atomic mass is 35.5. The van der Waals surface area contributed by atoms with Gasteiger partial charge in [0.1, 0.15) is 0 Å². The normalized spacial score (nSPS) is 16.4. The molecule has 1 unspecified atom stereocenters. The molecule has 0 spiro atoms. The number of amides is 1. The molecule has 3 aromatic rings. The number of carbonyl (C=O) groups excluding carboxylic acids is 1. The largest absolute Gasteiger partial charge is 0.454 e. The van der Waals surface area contributed by atoms with Crippen LogP contribution >= 0.6 is 23.4 Å². The van der Waals surface area contributed by atoms with Gasteiger partial charge in [-0.1, -0.05) is 36.2 Å². The van der Waals surface area contributed by atoms with Crippen molar-refractivity contribution in [1.82, 2.24) is 9.55 Å². The molecule has 2 aliphatic rings. The zero-order valence-corrected chi connectivity index (χ0v) is 19.0. The van der Waals surface area contributed by atoms with Gasteiger partial charge in [-0.05, 0) is 50.1 Å². The molecule has 0 radical (unpaired) electrons. The van der Waals surface area contributed by atoms with Gasteiger partial charge in [-0.25, -0.2) is 4.98 Å². The van der Waals surface area contributed by atoms with E-state index in [4.69, 9.17) is 26.1 Å². The number of fused-ring (bicyclic) bond motifs is 2. The average Bonchev–Trinajstić information content (AvgIpc) is 3.45. The van der Waals surface area contributed by atoms with Gasteiger partial charge < -0.3 is 14.8 Å². The van der Waals surface area contributed by atoms with Crippen LogP contribution in [-0.2, 0) is 4.79 Å². The summed E-state index contributed by atoms with van der Waals surface area (Å²) in [6, 6.07) is 10.5. The van der Waals surface area contributed by atoms with E-state index < -0.39 is 5.25 Å². The van der Waals surface area contributed by atoms with Crippen LogP contribution in [0.2, 0.25) is 5.02 Å². The third-order valence-electron chi connectivity index (χ3n) is 5.81. The van der Waals surface area contributed by atoms with Gasteiger partial charge in [-0.3, -0.25) is 14.2 Å². The molecule has 1 saturated carbocycles. The highest BCUT2D eigenvalue weighted by Crippen LogP contribution is 2.36. The Kier molecular flexibility index (Phi) is 5.73. The van der Waals surface area contributed by atoms with E-state index in [9.17, 15) is 9.59 Å². The summed E-state index contributed by atoms with van der Waals surface area (Å²) < 4.78 is 12.5. The Bertz CT molecular complexity index is 1260. The van der Waals surface area contributed by atoms with E-state index >= 15 is 0 Å². The topological polar surface area (TPSA) is 82.5 Å². The fourth-order valence-corrected chi connectivity index (χ4v) is 5.29. The second kappa shape index (κ2) is 8.67. The van der Waals surface area contributed by atoms with Crippen LogP contribution < -0.4 is 20.3 Å². The van der Waals surface area contributed by atoms with Gasteiger partial charge in [0, 0.05) is 22.8 Å². The molecule has 1 aliphatic heterocycles. The summed E-state index contributed by atoms with van der Waals surface area (Å²) in [5, 5.41) is 4.05. The van der Waals surface area contributed by atoms with E-state index in [1.807, 2.05) is 0 Å². The number of nitrogens with one attached hydrogen (secondary N) is 1. The van der Waals surface area contributed by atoms with Crippen molar-refractivity contribution in [2.75, 3.05) is 12.1 Å². The molecule has 0 bridgehead atoms. The lowest BCUT2D eigenvalue weighted by atomic mass is 10.2. The lowest BCUT2D eigenvalue weighted by molar-refractivity contribution is -0.115. The van der Waals surface area contributed by atoms with Crippen LogP contribution in [0.4, 0.5) is 5.69 Å². The van der Waals surface area contributed by atoms with E-state index in [1.165, 1.54) is 11.8 Å². The van der Waals surface area contributed by atoms with Crippen molar-refractivity contribution in [2.24, 2.45) is 0 Å². The molecule has 2 heterocycles. The molecule has 1 aliphatic carbocycles. The Morgan fingerprint density at radius 3 is 2.78 bits per heavy atom. The predicted octanol–water partition coefficient (Wildman–Crippen LogP) is 5.01. The molecule has 0 saturated heterocycles. The minimum atomic E-state index is -0.475. The molecule has 1 N–H and O–H groups in total. The lowest BCUT2D eigenvalue weighted by Gasteiger charge is -2.20. The molecule has 9 heteroatoms.